The van der Waals surface area contributed by atoms with Crippen molar-refractivity contribution in [2.45, 2.75) is 24.7 Å². The minimum Gasteiger partial charge on any atom is -0.438 e. The highest BCUT2D eigenvalue weighted by Crippen LogP contribution is 2.44. The Hall–Kier alpha value is -3.68. The summed E-state index contributed by atoms with van der Waals surface area (Å²) in [6, 6.07) is 24.5. The summed E-state index contributed by atoms with van der Waals surface area (Å²) < 4.78 is 18.7. The Morgan fingerprint density at radius 2 is 1.54 bits per heavy atom. The lowest BCUT2D eigenvalue weighted by atomic mass is 9.97. The van der Waals surface area contributed by atoms with Crippen LogP contribution in [0.3, 0.4) is 0 Å². The van der Waals surface area contributed by atoms with Crippen molar-refractivity contribution >= 4 is 17.1 Å². The zero-order valence-electron chi connectivity index (χ0n) is 20.1. The predicted molar refractivity (Wildman–Crippen MR) is 134 cm³/mol. The molecule has 1 aliphatic rings. The maximum Gasteiger partial charge on any atom is 0.407 e. The molecule has 4 aromatic rings. The van der Waals surface area contributed by atoms with Crippen molar-refractivity contribution in [2.75, 3.05) is 20.8 Å². The van der Waals surface area contributed by atoms with Crippen LogP contribution < -0.4 is 5.32 Å². The number of aryl methyl sites for hydroxylation is 1. The van der Waals surface area contributed by atoms with Crippen molar-refractivity contribution in [3.8, 4) is 11.1 Å². The molecular weight excluding hydrogens is 442 g/mol. The van der Waals surface area contributed by atoms with Gasteiger partial charge in [-0.3, -0.25) is 0 Å². The van der Waals surface area contributed by atoms with Gasteiger partial charge in [0.15, 0.2) is 18.2 Å². The Kier molecular flexibility index (Phi) is 6.53. The minimum atomic E-state index is -0.652. The number of nitrogens with zero attached hydrogens (tertiary/aromatic N) is 2. The number of fused-ring (bicyclic) bond motifs is 4. The lowest BCUT2D eigenvalue weighted by Gasteiger charge is -2.23. The minimum absolute atomic E-state index is 0.0647. The van der Waals surface area contributed by atoms with E-state index in [2.05, 4.69) is 29.6 Å². The number of methoxy groups -OCH3 is 2. The molecule has 0 fully saturated rings. The fourth-order valence-electron chi connectivity index (χ4n) is 4.96. The molecular formula is C28H29N3O4. The van der Waals surface area contributed by atoms with Gasteiger partial charge in [-0.25, -0.2) is 9.78 Å². The van der Waals surface area contributed by atoms with E-state index in [0.29, 0.717) is 18.8 Å². The molecule has 35 heavy (non-hydrogen) atoms. The topological polar surface area (TPSA) is 74.6 Å². The van der Waals surface area contributed by atoms with E-state index >= 15 is 0 Å². The van der Waals surface area contributed by atoms with Gasteiger partial charge in [0, 0.05) is 40.2 Å². The first-order chi connectivity index (χ1) is 17.1. The van der Waals surface area contributed by atoms with Gasteiger partial charge in [0.1, 0.15) is 0 Å². The molecule has 0 radical (unpaired) electrons. The normalized spacial score (nSPS) is 13.6. The third kappa shape index (κ3) is 4.40. The summed E-state index contributed by atoms with van der Waals surface area (Å²) in [5, 5.41) is 2.99. The van der Waals surface area contributed by atoms with Gasteiger partial charge in [-0.1, -0.05) is 60.7 Å². The molecule has 7 nitrogen and oxygen atoms in total. The van der Waals surface area contributed by atoms with Gasteiger partial charge in [0.05, 0.1) is 11.0 Å². The molecule has 0 bridgehead atoms. The van der Waals surface area contributed by atoms with Crippen LogP contribution in [0.2, 0.25) is 0 Å². The zero-order valence-corrected chi connectivity index (χ0v) is 20.1. The molecule has 180 valence electrons. The van der Waals surface area contributed by atoms with Crippen molar-refractivity contribution in [3.05, 3.63) is 89.7 Å². The van der Waals surface area contributed by atoms with E-state index < -0.39 is 18.5 Å². The molecule has 1 amide bonds. The van der Waals surface area contributed by atoms with Gasteiger partial charge >= 0.3 is 6.09 Å². The second kappa shape index (κ2) is 9.90. The van der Waals surface area contributed by atoms with Crippen LogP contribution in [-0.4, -0.2) is 42.7 Å². The monoisotopic (exact) mass is 471 g/mol. The predicted octanol–water partition coefficient (Wildman–Crippen LogP) is 5.16. The third-order valence-electron chi connectivity index (χ3n) is 6.70. The highest BCUT2D eigenvalue weighted by Gasteiger charge is 2.30. The number of imidazole rings is 1. The highest BCUT2D eigenvalue weighted by atomic mass is 16.7. The van der Waals surface area contributed by atoms with Crippen molar-refractivity contribution < 1.29 is 19.0 Å². The number of nitrogens with one attached hydrogen (secondary N) is 1. The van der Waals surface area contributed by atoms with Gasteiger partial charge in [-0.05, 0) is 34.4 Å². The van der Waals surface area contributed by atoms with Crippen molar-refractivity contribution in [2.24, 2.45) is 7.05 Å². The van der Waals surface area contributed by atoms with Crippen molar-refractivity contribution in [3.63, 3.8) is 0 Å². The van der Waals surface area contributed by atoms with Crippen LogP contribution in [0.15, 0.2) is 72.8 Å². The quantitative estimate of drug-likeness (QED) is 0.359. The summed E-state index contributed by atoms with van der Waals surface area (Å²) in [6.07, 6.45) is -1.39. The zero-order chi connectivity index (χ0) is 24.4. The van der Waals surface area contributed by atoms with E-state index in [1.54, 1.807) is 14.2 Å². The largest absolute Gasteiger partial charge is 0.438 e. The fourth-order valence-corrected chi connectivity index (χ4v) is 4.96. The molecule has 3 aromatic carbocycles. The number of aromatic nitrogens is 2. The van der Waals surface area contributed by atoms with Crippen LogP contribution in [-0.2, 0) is 21.3 Å². The average molecular weight is 472 g/mol. The van der Waals surface area contributed by atoms with Crippen LogP contribution in [0, 0.1) is 0 Å². The Bertz CT molecular complexity index is 1300. The first kappa shape index (κ1) is 23.1. The number of hydrogen-bond donors (Lipinski definition) is 1. The molecule has 1 N–H and O–H groups in total. The summed E-state index contributed by atoms with van der Waals surface area (Å²) in [4.78, 5) is 17.8. The molecule has 0 saturated carbocycles. The van der Waals surface area contributed by atoms with Crippen molar-refractivity contribution in [1.29, 1.82) is 0 Å². The third-order valence-corrected chi connectivity index (χ3v) is 6.70. The molecule has 1 heterocycles. The van der Waals surface area contributed by atoms with E-state index in [1.165, 1.54) is 22.3 Å². The lowest BCUT2D eigenvalue weighted by molar-refractivity contribution is -0.124. The standard InChI is InChI=1S/C28H29N3O4/c1-31-24-15-9-8-14-23(24)30-27(31)25(16-26(33-2)34-3)35-28(32)29-17-22-20-12-6-4-10-18(20)19-11-5-7-13-21(19)22/h4-15,22,25-26H,16-17H2,1-3H3,(H,29,32). The number of alkyl carbamates (subject to hydrolysis) is 1. The van der Waals surface area contributed by atoms with Gasteiger partial charge < -0.3 is 24.1 Å². The molecule has 1 unspecified atom stereocenters. The first-order valence-corrected chi connectivity index (χ1v) is 11.7. The number of para-hydroxylation sites is 2. The molecule has 0 aliphatic heterocycles. The molecule has 0 spiro atoms. The Morgan fingerprint density at radius 3 is 2.17 bits per heavy atom. The second-order valence-electron chi connectivity index (χ2n) is 8.66. The summed E-state index contributed by atoms with van der Waals surface area (Å²) in [7, 11) is 5.05. The maximum atomic E-state index is 13.0. The van der Waals surface area contributed by atoms with E-state index in [4.69, 9.17) is 19.2 Å². The van der Waals surface area contributed by atoms with Gasteiger partial charge in [-0.15, -0.1) is 0 Å². The van der Waals surface area contributed by atoms with Crippen LogP contribution >= 0.6 is 0 Å². The number of benzene rings is 3. The molecule has 1 atom stereocenters. The lowest BCUT2D eigenvalue weighted by Crippen LogP contribution is -2.32. The average Bonchev–Trinajstić information content (AvgIpc) is 3.40. The second-order valence-corrected chi connectivity index (χ2v) is 8.66. The van der Waals surface area contributed by atoms with E-state index in [9.17, 15) is 4.79 Å². The van der Waals surface area contributed by atoms with E-state index in [0.717, 1.165) is 11.0 Å². The number of ether oxygens (including phenoxy) is 3. The number of amides is 1. The SMILES string of the molecule is COC(CC(OC(=O)NCC1c2ccccc2-c2ccccc21)c1nc2ccccc2n1C)OC. The van der Waals surface area contributed by atoms with E-state index in [1.807, 2.05) is 60.1 Å². The number of rotatable bonds is 8. The smallest absolute Gasteiger partial charge is 0.407 e. The Morgan fingerprint density at radius 1 is 0.943 bits per heavy atom. The Balaban J connectivity index is 1.36. The first-order valence-electron chi connectivity index (χ1n) is 11.7. The van der Waals surface area contributed by atoms with Gasteiger partial charge in [-0.2, -0.15) is 0 Å². The Labute approximate surface area is 204 Å². The fraction of sp³-hybridized carbons (Fsp3) is 0.286. The molecule has 1 aromatic heterocycles. The van der Waals surface area contributed by atoms with Crippen LogP contribution in [0.25, 0.3) is 22.2 Å². The number of hydrogen-bond acceptors (Lipinski definition) is 5. The van der Waals surface area contributed by atoms with Crippen LogP contribution in [0.1, 0.15) is 35.4 Å². The van der Waals surface area contributed by atoms with Crippen LogP contribution in [0.4, 0.5) is 4.79 Å². The van der Waals surface area contributed by atoms with Gasteiger partial charge in [0.2, 0.25) is 0 Å². The molecule has 5 rings (SSSR count). The highest BCUT2D eigenvalue weighted by molar-refractivity contribution is 5.79. The molecule has 0 saturated heterocycles. The van der Waals surface area contributed by atoms with E-state index in [-0.39, 0.29) is 5.92 Å². The van der Waals surface area contributed by atoms with Crippen LogP contribution in [0.5, 0.6) is 0 Å². The summed E-state index contributed by atoms with van der Waals surface area (Å²) in [5.74, 6) is 0.701. The summed E-state index contributed by atoms with van der Waals surface area (Å²) >= 11 is 0. The number of carbonyl (C=O) groups is 1. The number of carbonyl (C=O) groups excluding carboxylic acids is 1. The van der Waals surface area contributed by atoms with Gasteiger partial charge in [0.25, 0.3) is 0 Å². The maximum absolute atomic E-state index is 13.0. The summed E-state index contributed by atoms with van der Waals surface area (Å²) in [5.41, 5.74) is 6.64. The summed E-state index contributed by atoms with van der Waals surface area (Å²) in [6.45, 7) is 0.431. The van der Waals surface area contributed by atoms with Crippen molar-refractivity contribution in [1.82, 2.24) is 14.9 Å². The molecule has 7 heteroatoms. The molecule has 1 aliphatic carbocycles.